The molecule has 1 fully saturated rings. The van der Waals surface area contributed by atoms with Crippen molar-refractivity contribution < 1.29 is 4.79 Å². The molecule has 2 N–H and O–H groups in total. The van der Waals surface area contributed by atoms with E-state index < -0.39 is 0 Å². The number of nitrogens with zero attached hydrogens (tertiary/aromatic N) is 3. The fraction of sp³-hybridized carbons (Fsp3) is 0.294. The number of thiocarbonyl (C=S) groups is 1. The summed E-state index contributed by atoms with van der Waals surface area (Å²) < 4.78 is 0. The Balaban J connectivity index is 1.63. The maximum absolute atomic E-state index is 12.1. The van der Waals surface area contributed by atoms with Gasteiger partial charge >= 0.3 is 0 Å². The van der Waals surface area contributed by atoms with Gasteiger partial charge in [0.1, 0.15) is 0 Å². The van der Waals surface area contributed by atoms with Gasteiger partial charge in [-0.2, -0.15) is 0 Å². The van der Waals surface area contributed by atoms with Gasteiger partial charge in [-0.15, -0.1) is 0 Å². The van der Waals surface area contributed by atoms with Crippen LogP contribution in [0.1, 0.15) is 41.2 Å². The van der Waals surface area contributed by atoms with Crippen molar-refractivity contribution in [3.8, 4) is 0 Å². The van der Waals surface area contributed by atoms with Crippen molar-refractivity contribution in [2.24, 2.45) is 0 Å². The molecule has 1 aliphatic heterocycles. The molecule has 0 spiro atoms. The first-order valence-corrected chi connectivity index (χ1v) is 8.33. The highest BCUT2D eigenvalue weighted by Crippen LogP contribution is 2.28. The third-order valence-electron chi connectivity index (χ3n) is 3.97. The second-order valence-electron chi connectivity index (χ2n) is 5.63. The zero-order valence-corrected chi connectivity index (χ0v) is 14.0. The Labute approximate surface area is 146 Å². The lowest BCUT2D eigenvalue weighted by atomic mass is 9.98. The van der Waals surface area contributed by atoms with E-state index in [2.05, 4.69) is 31.8 Å². The Kier molecular flexibility index (Phi) is 5.45. The van der Waals surface area contributed by atoms with E-state index in [9.17, 15) is 4.79 Å². The van der Waals surface area contributed by atoms with Crippen LogP contribution in [0.4, 0.5) is 0 Å². The predicted molar refractivity (Wildman–Crippen MR) is 95.0 cm³/mol. The molecule has 7 heteroatoms. The van der Waals surface area contributed by atoms with Crippen LogP contribution in [0.2, 0.25) is 0 Å². The molecule has 1 atom stereocenters. The zero-order valence-electron chi connectivity index (χ0n) is 13.2. The zero-order chi connectivity index (χ0) is 16.8. The van der Waals surface area contributed by atoms with Crippen molar-refractivity contribution >= 4 is 23.2 Å². The highest BCUT2D eigenvalue weighted by molar-refractivity contribution is 7.80. The lowest BCUT2D eigenvalue weighted by molar-refractivity contribution is 0.0957. The average Bonchev–Trinajstić information content (AvgIpc) is 2.63. The van der Waals surface area contributed by atoms with E-state index in [1.807, 2.05) is 12.3 Å². The molecule has 24 heavy (non-hydrogen) atoms. The Hall–Kier alpha value is -2.38. The maximum Gasteiger partial charge on any atom is 0.259 e. The summed E-state index contributed by atoms with van der Waals surface area (Å²) in [6.45, 7) is 0.864. The molecule has 0 radical (unpaired) electrons. The number of nitrogens with one attached hydrogen (secondary N) is 2. The van der Waals surface area contributed by atoms with Gasteiger partial charge in [-0.05, 0) is 48.8 Å². The van der Waals surface area contributed by atoms with Crippen molar-refractivity contribution in [3.63, 3.8) is 0 Å². The van der Waals surface area contributed by atoms with E-state index in [0.29, 0.717) is 10.7 Å². The monoisotopic (exact) mass is 341 g/mol. The Morgan fingerprint density at radius 2 is 1.96 bits per heavy atom. The van der Waals surface area contributed by atoms with Crippen LogP contribution in [0.5, 0.6) is 0 Å². The Morgan fingerprint density at radius 3 is 2.67 bits per heavy atom. The summed E-state index contributed by atoms with van der Waals surface area (Å²) in [6.07, 6.45) is 10.1. The number of hydrogen-bond acceptors (Lipinski definition) is 5. The summed E-state index contributed by atoms with van der Waals surface area (Å²) in [4.78, 5) is 20.3. The third kappa shape index (κ3) is 4.12. The van der Waals surface area contributed by atoms with Crippen LogP contribution in [0.25, 0.3) is 0 Å². The van der Waals surface area contributed by atoms with Gasteiger partial charge in [0, 0.05) is 31.3 Å². The smallest absolute Gasteiger partial charge is 0.259 e. The van der Waals surface area contributed by atoms with Gasteiger partial charge < -0.3 is 0 Å². The van der Waals surface area contributed by atoms with E-state index in [-0.39, 0.29) is 11.9 Å². The molecule has 3 heterocycles. The summed E-state index contributed by atoms with van der Waals surface area (Å²) in [5, 5.41) is 5.07. The maximum atomic E-state index is 12.1. The van der Waals surface area contributed by atoms with Crippen molar-refractivity contribution in [2.45, 2.75) is 25.3 Å². The molecule has 6 nitrogen and oxygen atoms in total. The number of amides is 1. The molecule has 1 amide bonds. The summed E-state index contributed by atoms with van der Waals surface area (Å²) in [5.41, 5.74) is 4.77. The third-order valence-corrected chi connectivity index (χ3v) is 4.16. The fourth-order valence-electron chi connectivity index (χ4n) is 2.82. The van der Waals surface area contributed by atoms with Gasteiger partial charge in [0.2, 0.25) is 0 Å². The molecule has 0 aliphatic carbocycles. The second kappa shape index (κ2) is 7.94. The van der Waals surface area contributed by atoms with Crippen molar-refractivity contribution in [1.82, 2.24) is 25.7 Å². The summed E-state index contributed by atoms with van der Waals surface area (Å²) in [5.74, 6) is -0.268. The molecule has 2 aromatic rings. The van der Waals surface area contributed by atoms with Gasteiger partial charge in [0.05, 0.1) is 11.6 Å². The summed E-state index contributed by atoms with van der Waals surface area (Å²) in [7, 11) is 0. The van der Waals surface area contributed by atoms with Crippen LogP contribution < -0.4 is 10.7 Å². The molecule has 0 unspecified atom stereocenters. The minimum absolute atomic E-state index is 0.195. The van der Waals surface area contributed by atoms with Crippen LogP contribution in [0.3, 0.4) is 0 Å². The van der Waals surface area contributed by atoms with Crippen LogP contribution >= 0.6 is 12.2 Å². The number of piperidine rings is 1. The van der Waals surface area contributed by atoms with Gasteiger partial charge in [-0.3, -0.25) is 25.5 Å². The van der Waals surface area contributed by atoms with Crippen LogP contribution in [0.15, 0.2) is 49.1 Å². The van der Waals surface area contributed by atoms with Gasteiger partial charge in [0.15, 0.2) is 5.11 Å². The van der Waals surface area contributed by atoms with Crippen LogP contribution in [0, 0.1) is 0 Å². The Morgan fingerprint density at radius 1 is 1.17 bits per heavy atom. The van der Waals surface area contributed by atoms with Crippen LogP contribution in [-0.2, 0) is 0 Å². The molecule has 1 aliphatic rings. The molecule has 0 bridgehead atoms. The number of carbonyl (C=O) groups is 1. The molecular formula is C17H19N5OS. The van der Waals surface area contributed by atoms with Crippen molar-refractivity contribution in [2.75, 3.05) is 6.54 Å². The Bertz CT molecular complexity index is 695. The van der Waals surface area contributed by atoms with Gasteiger partial charge in [-0.25, -0.2) is 5.01 Å². The minimum atomic E-state index is -0.268. The van der Waals surface area contributed by atoms with E-state index in [4.69, 9.17) is 12.2 Å². The topological polar surface area (TPSA) is 70.2 Å². The molecule has 0 saturated carbocycles. The molecule has 124 valence electrons. The van der Waals surface area contributed by atoms with E-state index in [1.165, 1.54) is 6.20 Å². The number of hydrazine groups is 1. The SMILES string of the molecule is O=C(NC(=S)NN1CCCC[C@H]1c1cccnc1)c1cccnc1. The van der Waals surface area contributed by atoms with Crippen molar-refractivity contribution in [3.05, 3.63) is 60.2 Å². The number of carbonyl (C=O) groups excluding carboxylic acids is 1. The number of pyridine rings is 2. The summed E-state index contributed by atoms with van der Waals surface area (Å²) in [6, 6.07) is 7.61. The molecule has 0 aromatic carbocycles. The summed E-state index contributed by atoms with van der Waals surface area (Å²) >= 11 is 5.29. The molecule has 2 aromatic heterocycles. The predicted octanol–water partition coefficient (Wildman–Crippen LogP) is 2.22. The second-order valence-corrected chi connectivity index (χ2v) is 6.04. The largest absolute Gasteiger partial charge is 0.298 e. The first-order valence-electron chi connectivity index (χ1n) is 7.92. The highest BCUT2D eigenvalue weighted by atomic mass is 32.1. The van der Waals surface area contributed by atoms with Gasteiger partial charge in [0.25, 0.3) is 5.91 Å². The first-order chi connectivity index (χ1) is 11.7. The number of hydrogen-bond donors (Lipinski definition) is 2. The molecule has 3 rings (SSSR count). The van der Waals surface area contributed by atoms with Crippen LogP contribution in [-0.4, -0.2) is 32.5 Å². The lowest BCUT2D eigenvalue weighted by Gasteiger charge is -2.36. The van der Waals surface area contributed by atoms with E-state index in [0.717, 1.165) is 31.4 Å². The number of rotatable bonds is 3. The van der Waals surface area contributed by atoms with Crippen molar-refractivity contribution in [1.29, 1.82) is 0 Å². The van der Waals surface area contributed by atoms with E-state index >= 15 is 0 Å². The highest BCUT2D eigenvalue weighted by Gasteiger charge is 2.25. The lowest BCUT2D eigenvalue weighted by Crippen LogP contribution is -2.51. The standard InChI is InChI=1S/C17H19N5OS/c23-16(14-6-4-9-19-12-14)20-17(24)21-22-10-2-1-7-15(22)13-5-3-8-18-11-13/h3-6,8-9,11-12,15H,1-2,7,10H2,(H2,20,21,23,24)/t15-/m0/s1. The fourth-order valence-corrected chi connectivity index (χ4v) is 3.03. The minimum Gasteiger partial charge on any atom is -0.298 e. The normalized spacial score (nSPS) is 17.9. The van der Waals surface area contributed by atoms with E-state index in [1.54, 1.807) is 24.5 Å². The average molecular weight is 341 g/mol. The first kappa shape index (κ1) is 16.5. The van der Waals surface area contributed by atoms with Gasteiger partial charge in [-0.1, -0.05) is 12.5 Å². The molecule has 1 saturated heterocycles. The molecular weight excluding hydrogens is 322 g/mol. The quantitative estimate of drug-likeness (QED) is 0.834. The number of aromatic nitrogens is 2.